The molecule has 6 aromatic carbocycles. The second-order valence-corrected chi connectivity index (χ2v) is 11.8. The Bertz CT molecular complexity index is 2130. The third-order valence-corrected chi connectivity index (χ3v) is 8.75. The van der Waals surface area contributed by atoms with Crippen LogP contribution in [0.1, 0.15) is 25.0 Å². The highest BCUT2D eigenvalue weighted by Crippen LogP contribution is 2.55. The number of hydrogen-bond donors (Lipinski definition) is 0. The standard InChI is InChI=1S/C40H28FN3/c1-40(2)34-24-30(41)21-22-32(34)35-33(23-29-15-9-10-16-31(29)36(35)40)25-17-19-28(20-18-25)39-43-37(26-11-5-3-6-12-26)42-38(44-39)27-13-7-4-8-14-27/h3-24H,1-2H3. The van der Waals surface area contributed by atoms with Crippen LogP contribution in [0.15, 0.2) is 133 Å². The molecule has 210 valence electrons. The number of nitrogens with zero attached hydrogens (tertiary/aromatic N) is 3. The van der Waals surface area contributed by atoms with E-state index in [1.54, 1.807) is 12.1 Å². The van der Waals surface area contributed by atoms with Crippen LogP contribution in [0.4, 0.5) is 4.39 Å². The number of fused-ring (bicyclic) bond motifs is 5. The maximum atomic E-state index is 14.5. The lowest BCUT2D eigenvalue weighted by Crippen LogP contribution is -2.15. The molecule has 1 aliphatic rings. The molecule has 0 spiro atoms. The van der Waals surface area contributed by atoms with Crippen LogP contribution in [0.25, 0.3) is 67.2 Å². The molecule has 0 amide bonds. The molecule has 0 saturated carbocycles. The van der Waals surface area contributed by atoms with Crippen molar-refractivity contribution < 1.29 is 4.39 Å². The summed E-state index contributed by atoms with van der Waals surface area (Å²) in [6.45, 7) is 4.40. The maximum absolute atomic E-state index is 14.5. The molecule has 7 aromatic rings. The van der Waals surface area contributed by atoms with Gasteiger partial charge in [-0.25, -0.2) is 19.3 Å². The molecule has 3 nitrogen and oxygen atoms in total. The van der Waals surface area contributed by atoms with Crippen molar-refractivity contribution in [2.45, 2.75) is 19.3 Å². The number of benzene rings is 6. The summed E-state index contributed by atoms with van der Waals surface area (Å²) < 4.78 is 14.5. The summed E-state index contributed by atoms with van der Waals surface area (Å²) in [5.41, 5.74) is 9.20. The molecule has 0 aliphatic heterocycles. The van der Waals surface area contributed by atoms with Crippen molar-refractivity contribution in [2.75, 3.05) is 0 Å². The Balaban J connectivity index is 1.29. The van der Waals surface area contributed by atoms with E-state index in [-0.39, 0.29) is 11.2 Å². The third-order valence-electron chi connectivity index (χ3n) is 8.75. The van der Waals surface area contributed by atoms with Crippen LogP contribution in [0.2, 0.25) is 0 Å². The Kier molecular flexibility index (Phi) is 5.98. The molecule has 0 fully saturated rings. The van der Waals surface area contributed by atoms with Gasteiger partial charge in [0.1, 0.15) is 5.82 Å². The van der Waals surface area contributed by atoms with Crippen LogP contribution < -0.4 is 0 Å². The molecule has 0 bridgehead atoms. The average molecular weight is 570 g/mol. The second-order valence-electron chi connectivity index (χ2n) is 11.8. The minimum Gasteiger partial charge on any atom is -0.208 e. The minimum absolute atomic E-state index is 0.207. The molecular weight excluding hydrogens is 541 g/mol. The number of rotatable bonds is 4. The van der Waals surface area contributed by atoms with Crippen LogP contribution in [-0.4, -0.2) is 15.0 Å². The Morgan fingerprint density at radius 2 is 1.02 bits per heavy atom. The Labute approximate surface area is 255 Å². The predicted molar refractivity (Wildman–Crippen MR) is 177 cm³/mol. The van der Waals surface area contributed by atoms with Crippen molar-refractivity contribution in [2.24, 2.45) is 0 Å². The first kappa shape index (κ1) is 26.2. The van der Waals surface area contributed by atoms with E-state index in [2.05, 4.69) is 68.4 Å². The van der Waals surface area contributed by atoms with Gasteiger partial charge in [0.15, 0.2) is 17.5 Å². The van der Waals surface area contributed by atoms with Gasteiger partial charge in [0, 0.05) is 22.1 Å². The van der Waals surface area contributed by atoms with Crippen LogP contribution >= 0.6 is 0 Å². The molecule has 8 rings (SSSR count). The van der Waals surface area contributed by atoms with E-state index in [1.165, 1.54) is 21.9 Å². The Hall–Kier alpha value is -5.48. The summed E-state index contributed by atoms with van der Waals surface area (Å²) in [5.74, 6) is 1.69. The summed E-state index contributed by atoms with van der Waals surface area (Å²) in [6.07, 6.45) is 0. The van der Waals surface area contributed by atoms with E-state index in [0.717, 1.165) is 38.9 Å². The zero-order chi connectivity index (χ0) is 29.8. The Morgan fingerprint density at radius 3 is 1.64 bits per heavy atom. The highest BCUT2D eigenvalue weighted by molar-refractivity contribution is 6.04. The first-order valence-corrected chi connectivity index (χ1v) is 14.8. The molecule has 44 heavy (non-hydrogen) atoms. The maximum Gasteiger partial charge on any atom is 0.164 e. The van der Waals surface area contributed by atoms with Gasteiger partial charge in [-0.3, -0.25) is 0 Å². The molecule has 4 heteroatoms. The number of halogens is 1. The van der Waals surface area contributed by atoms with Crippen molar-refractivity contribution in [1.29, 1.82) is 0 Å². The van der Waals surface area contributed by atoms with Crippen molar-refractivity contribution in [3.05, 3.63) is 150 Å². The van der Waals surface area contributed by atoms with E-state index in [0.29, 0.717) is 17.5 Å². The molecule has 0 unspecified atom stereocenters. The van der Waals surface area contributed by atoms with Crippen molar-refractivity contribution in [3.63, 3.8) is 0 Å². The molecule has 1 aromatic heterocycles. The molecule has 0 N–H and O–H groups in total. The van der Waals surface area contributed by atoms with Crippen LogP contribution in [0.5, 0.6) is 0 Å². The smallest absolute Gasteiger partial charge is 0.164 e. The van der Waals surface area contributed by atoms with Crippen LogP contribution in [0.3, 0.4) is 0 Å². The Morgan fingerprint density at radius 1 is 0.500 bits per heavy atom. The van der Waals surface area contributed by atoms with Crippen LogP contribution in [0, 0.1) is 5.82 Å². The fourth-order valence-corrected chi connectivity index (χ4v) is 6.63. The SMILES string of the molecule is CC1(C)c2cc(F)ccc2-c2c(-c3ccc(-c4nc(-c5ccccc5)nc(-c5ccccc5)n4)cc3)cc3ccccc3c21. The molecule has 1 heterocycles. The third kappa shape index (κ3) is 4.22. The summed E-state index contributed by atoms with van der Waals surface area (Å²) in [5, 5.41) is 2.38. The van der Waals surface area contributed by atoms with Gasteiger partial charge >= 0.3 is 0 Å². The van der Waals surface area contributed by atoms with Gasteiger partial charge in [0.05, 0.1) is 0 Å². The fourth-order valence-electron chi connectivity index (χ4n) is 6.63. The van der Waals surface area contributed by atoms with Gasteiger partial charge < -0.3 is 0 Å². The molecule has 0 radical (unpaired) electrons. The summed E-state index contributed by atoms with van der Waals surface area (Å²) in [6, 6.07) is 44.4. The summed E-state index contributed by atoms with van der Waals surface area (Å²) in [7, 11) is 0. The lowest BCUT2D eigenvalue weighted by atomic mass is 9.79. The van der Waals surface area contributed by atoms with E-state index in [4.69, 9.17) is 15.0 Å². The highest BCUT2D eigenvalue weighted by Gasteiger charge is 2.39. The fraction of sp³-hybridized carbons (Fsp3) is 0.0750. The molecular formula is C40H28FN3. The minimum atomic E-state index is -0.338. The molecule has 0 saturated heterocycles. The van der Waals surface area contributed by atoms with Gasteiger partial charge in [0.25, 0.3) is 0 Å². The van der Waals surface area contributed by atoms with Gasteiger partial charge in [-0.05, 0) is 62.4 Å². The predicted octanol–water partition coefficient (Wildman–Crippen LogP) is 10.1. The zero-order valence-corrected chi connectivity index (χ0v) is 24.4. The molecule has 0 atom stereocenters. The average Bonchev–Trinajstić information content (AvgIpc) is 3.31. The topological polar surface area (TPSA) is 38.7 Å². The van der Waals surface area contributed by atoms with Crippen molar-refractivity contribution in [1.82, 2.24) is 15.0 Å². The van der Waals surface area contributed by atoms with Crippen molar-refractivity contribution >= 4 is 10.8 Å². The lowest BCUT2D eigenvalue weighted by Gasteiger charge is -2.24. The van der Waals surface area contributed by atoms with Gasteiger partial charge in [-0.15, -0.1) is 0 Å². The second kappa shape index (κ2) is 10.1. The normalized spacial score (nSPS) is 13.1. The van der Waals surface area contributed by atoms with E-state index in [9.17, 15) is 4.39 Å². The van der Waals surface area contributed by atoms with E-state index < -0.39 is 0 Å². The lowest BCUT2D eigenvalue weighted by molar-refractivity contribution is 0.610. The van der Waals surface area contributed by atoms with Crippen molar-refractivity contribution in [3.8, 4) is 56.4 Å². The number of aromatic nitrogens is 3. The molecule has 1 aliphatic carbocycles. The van der Waals surface area contributed by atoms with E-state index in [1.807, 2.05) is 66.7 Å². The van der Waals surface area contributed by atoms with E-state index >= 15 is 0 Å². The van der Waals surface area contributed by atoms with Gasteiger partial charge in [-0.2, -0.15) is 0 Å². The zero-order valence-electron chi connectivity index (χ0n) is 24.4. The first-order valence-electron chi connectivity index (χ1n) is 14.8. The largest absolute Gasteiger partial charge is 0.208 e. The highest BCUT2D eigenvalue weighted by atomic mass is 19.1. The summed E-state index contributed by atoms with van der Waals surface area (Å²) in [4.78, 5) is 14.6. The summed E-state index contributed by atoms with van der Waals surface area (Å²) >= 11 is 0. The first-order chi connectivity index (χ1) is 21.5. The number of hydrogen-bond acceptors (Lipinski definition) is 3. The quantitative estimate of drug-likeness (QED) is 0.212. The van der Waals surface area contributed by atoms with Gasteiger partial charge in [-0.1, -0.05) is 129 Å². The monoisotopic (exact) mass is 569 g/mol. The van der Waals surface area contributed by atoms with Gasteiger partial charge in [0.2, 0.25) is 0 Å². The van der Waals surface area contributed by atoms with Crippen LogP contribution in [-0.2, 0) is 5.41 Å².